The second kappa shape index (κ2) is 7.74. The molecule has 0 aliphatic rings. The molecule has 0 atom stereocenters. The van der Waals surface area contributed by atoms with Gasteiger partial charge in [0.15, 0.2) is 0 Å². The predicted molar refractivity (Wildman–Crippen MR) is 93.6 cm³/mol. The molecular weight excluding hydrogens is 465 g/mol. The van der Waals surface area contributed by atoms with Crippen molar-refractivity contribution >= 4 is 78.6 Å². The van der Waals surface area contributed by atoms with Crippen molar-refractivity contribution in [2.24, 2.45) is 5.16 Å². The SMILES string of the molecule is O=C(Cc1cc(Br)sc1Br)ON=Cc1c(Cl)cccc1Cl. The number of thiophene rings is 1. The van der Waals surface area contributed by atoms with E-state index in [1.807, 2.05) is 6.07 Å². The van der Waals surface area contributed by atoms with E-state index in [2.05, 4.69) is 37.0 Å². The largest absolute Gasteiger partial charge is 0.339 e. The molecule has 21 heavy (non-hydrogen) atoms. The molecule has 2 aromatic rings. The van der Waals surface area contributed by atoms with Crippen molar-refractivity contribution < 1.29 is 9.63 Å². The maximum atomic E-state index is 11.7. The predicted octanol–water partition coefficient (Wildman–Crippen LogP) is 5.70. The Morgan fingerprint density at radius 1 is 1.33 bits per heavy atom. The van der Waals surface area contributed by atoms with E-state index < -0.39 is 5.97 Å². The molecule has 0 aliphatic carbocycles. The van der Waals surface area contributed by atoms with Gasteiger partial charge in [0.05, 0.1) is 30.3 Å². The third-order valence-electron chi connectivity index (χ3n) is 2.40. The average molecular weight is 472 g/mol. The number of nitrogens with zero attached hydrogens (tertiary/aromatic N) is 1. The van der Waals surface area contributed by atoms with Crippen LogP contribution in [0.15, 0.2) is 37.0 Å². The smallest absolute Gasteiger partial charge is 0.318 e. The van der Waals surface area contributed by atoms with Crippen LogP contribution in [0.4, 0.5) is 0 Å². The topological polar surface area (TPSA) is 38.7 Å². The van der Waals surface area contributed by atoms with Crippen LogP contribution in [0.2, 0.25) is 10.0 Å². The molecule has 0 amide bonds. The van der Waals surface area contributed by atoms with Gasteiger partial charge >= 0.3 is 5.97 Å². The van der Waals surface area contributed by atoms with Crippen LogP contribution in [0.25, 0.3) is 0 Å². The summed E-state index contributed by atoms with van der Waals surface area (Å²) in [5, 5.41) is 4.50. The molecule has 3 nitrogen and oxygen atoms in total. The number of hydrogen-bond donors (Lipinski definition) is 0. The fraction of sp³-hybridized carbons (Fsp3) is 0.0769. The van der Waals surface area contributed by atoms with Crippen molar-refractivity contribution in [3.8, 4) is 0 Å². The van der Waals surface area contributed by atoms with Crippen LogP contribution in [0.3, 0.4) is 0 Å². The molecule has 0 unspecified atom stereocenters. The first kappa shape index (κ1) is 17.0. The Labute approximate surface area is 152 Å². The Balaban J connectivity index is 1.98. The minimum absolute atomic E-state index is 0.121. The van der Waals surface area contributed by atoms with Crippen LogP contribution in [0.5, 0.6) is 0 Å². The lowest BCUT2D eigenvalue weighted by Gasteiger charge is -2.00. The highest BCUT2D eigenvalue weighted by atomic mass is 79.9. The molecule has 0 saturated heterocycles. The minimum atomic E-state index is -0.472. The van der Waals surface area contributed by atoms with Crippen molar-refractivity contribution in [3.63, 3.8) is 0 Å². The van der Waals surface area contributed by atoms with Crippen molar-refractivity contribution in [2.45, 2.75) is 6.42 Å². The van der Waals surface area contributed by atoms with E-state index in [1.54, 1.807) is 18.2 Å². The number of hydrogen-bond acceptors (Lipinski definition) is 4. The summed E-state index contributed by atoms with van der Waals surface area (Å²) < 4.78 is 1.81. The first-order chi connectivity index (χ1) is 9.97. The van der Waals surface area contributed by atoms with E-state index in [1.165, 1.54) is 17.6 Å². The molecule has 0 radical (unpaired) electrons. The maximum Gasteiger partial charge on any atom is 0.339 e. The van der Waals surface area contributed by atoms with Crippen molar-refractivity contribution in [1.82, 2.24) is 0 Å². The Kier molecular flexibility index (Phi) is 6.25. The Bertz CT molecular complexity index is 683. The molecule has 0 fully saturated rings. The molecule has 0 N–H and O–H groups in total. The van der Waals surface area contributed by atoms with E-state index in [0.29, 0.717) is 15.6 Å². The number of benzene rings is 1. The van der Waals surface area contributed by atoms with Gasteiger partial charge in [-0.05, 0) is 55.6 Å². The second-order valence-corrected chi connectivity index (χ2v) is 8.42. The van der Waals surface area contributed by atoms with Gasteiger partial charge in [0, 0.05) is 5.56 Å². The fourth-order valence-electron chi connectivity index (χ4n) is 1.45. The molecule has 0 saturated carbocycles. The second-order valence-electron chi connectivity index (χ2n) is 3.86. The summed E-state index contributed by atoms with van der Waals surface area (Å²) in [6.45, 7) is 0. The summed E-state index contributed by atoms with van der Waals surface area (Å²) in [6.07, 6.45) is 1.44. The summed E-state index contributed by atoms with van der Waals surface area (Å²) >= 11 is 20.2. The zero-order valence-electron chi connectivity index (χ0n) is 10.3. The number of carbonyl (C=O) groups is 1. The summed E-state index contributed by atoms with van der Waals surface area (Å²) in [7, 11) is 0. The quantitative estimate of drug-likeness (QED) is 0.326. The monoisotopic (exact) mass is 469 g/mol. The first-order valence-electron chi connectivity index (χ1n) is 5.58. The molecule has 0 aliphatic heterocycles. The van der Waals surface area contributed by atoms with Crippen molar-refractivity contribution in [2.75, 3.05) is 0 Å². The average Bonchev–Trinajstić information content (AvgIpc) is 2.71. The minimum Gasteiger partial charge on any atom is -0.318 e. The van der Waals surface area contributed by atoms with Gasteiger partial charge in [-0.3, -0.25) is 0 Å². The highest BCUT2D eigenvalue weighted by Crippen LogP contribution is 2.32. The van der Waals surface area contributed by atoms with Gasteiger partial charge in [-0.2, -0.15) is 0 Å². The van der Waals surface area contributed by atoms with Gasteiger partial charge in [0.1, 0.15) is 0 Å². The van der Waals surface area contributed by atoms with Crippen molar-refractivity contribution in [3.05, 3.63) is 53.0 Å². The fourth-order valence-corrected chi connectivity index (χ4v) is 4.78. The highest BCUT2D eigenvalue weighted by molar-refractivity contribution is 9.12. The highest BCUT2D eigenvalue weighted by Gasteiger charge is 2.11. The van der Waals surface area contributed by atoms with E-state index >= 15 is 0 Å². The summed E-state index contributed by atoms with van der Waals surface area (Å²) in [5.41, 5.74) is 1.34. The number of oxime groups is 1. The molecule has 1 heterocycles. The normalized spacial score (nSPS) is 11.0. The molecule has 2 rings (SSSR count). The van der Waals surface area contributed by atoms with Gasteiger partial charge in [-0.1, -0.05) is 34.4 Å². The zero-order chi connectivity index (χ0) is 15.4. The molecule has 0 bridgehead atoms. The third kappa shape index (κ3) is 4.79. The molecular formula is C13H7Br2Cl2NO2S. The van der Waals surface area contributed by atoms with Gasteiger partial charge in [0.2, 0.25) is 0 Å². The lowest BCUT2D eigenvalue weighted by Crippen LogP contribution is -2.04. The molecule has 1 aromatic carbocycles. The molecule has 110 valence electrons. The third-order valence-corrected chi connectivity index (χ3v) is 5.52. The molecule has 8 heteroatoms. The van der Waals surface area contributed by atoms with Gasteiger partial charge in [-0.15, -0.1) is 11.3 Å². The number of rotatable bonds is 4. The van der Waals surface area contributed by atoms with Crippen molar-refractivity contribution in [1.29, 1.82) is 0 Å². The lowest BCUT2D eigenvalue weighted by atomic mass is 10.2. The first-order valence-corrected chi connectivity index (χ1v) is 8.74. The Hall–Kier alpha value is -0.400. The number of carbonyl (C=O) groups excluding carboxylic acids is 1. The van der Waals surface area contributed by atoms with Gasteiger partial charge in [-0.25, -0.2) is 4.79 Å². The van der Waals surface area contributed by atoms with Crippen LogP contribution in [0, 0.1) is 0 Å². The van der Waals surface area contributed by atoms with Crippen LogP contribution < -0.4 is 0 Å². The number of halogens is 4. The standard InChI is InChI=1S/C13H7Br2Cl2NO2S/c14-11-4-7(13(15)21-11)5-12(19)20-18-6-8-9(16)2-1-3-10(8)17/h1-4,6H,5H2. The zero-order valence-corrected chi connectivity index (χ0v) is 15.8. The van der Waals surface area contributed by atoms with Crippen LogP contribution in [0.1, 0.15) is 11.1 Å². The molecule has 0 spiro atoms. The maximum absolute atomic E-state index is 11.7. The summed E-state index contributed by atoms with van der Waals surface area (Å²) in [5.74, 6) is -0.472. The molecule has 1 aromatic heterocycles. The lowest BCUT2D eigenvalue weighted by molar-refractivity contribution is -0.142. The van der Waals surface area contributed by atoms with Crippen LogP contribution in [-0.2, 0) is 16.1 Å². The Morgan fingerprint density at radius 3 is 2.57 bits per heavy atom. The van der Waals surface area contributed by atoms with E-state index in [9.17, 15) is 4.79 Å². The van der Waals surface area contributed by atoms with E-state index in [0.717, 1.165) is 13.1 Å². The van der Waals surface area contributed by atoms with Gasteiger partial charge in [0.25, 0.3) is 0 Å². The van der Waals surface area contributed by atoms with E-state index in [4.69, 9.17) is 28.0 Å². The Morgan fingerprint density at radius 2 is 2.00 bits per heavy atom. The van der Waals surface area contributed by atoms with Gasteiger partial charge < -0.3 is 4.84 Å². The van der Waals surface area contributed by atoms with Crippen LogP contribution >= 0.6 is 66.4 Å². The van der Waals surface area contributed by atoms with E-state index in [-0.39, 0.29) is 6.42 Å². The van der Waals surface area contributed by atoms with Crippen LogP contribution in [-0.4, -0.2) is 12.2 Å². The summed E-state index contributed by atoms with van der Waals surface area (Å²) in [6, 6.07) is 6.93. The summed E-state index contributed by atoms with van der Waals surface area (Å²) in [4.78, 5) is 16.5.